The summed E-state index contributed by atoms with van der Waals surface area (Å²) in [5.74, 6) is 0.336. The van der Waals surface area contributed by atoms with Crippen LogP contribution in [0.5, 0.6) is 0 Å². The van der Waals surface area contributed by atoms with Crippen LogP contribution in [0.15, 0.2) is 17.6 Å². The van der Waals surface area contributed by atoms with Crippen LogP contribution >= 0.6 is 0 Å². The predicted molar refractivity (Wildman–Crippen MR) is 124 cm³/mol. The highest BCUT2D eigenvalue weighted by molar-refractivity contribution is 5.94. The van der Waals surface area contributed by atoms with Crippen molar-refractivity contribution in [3.63, 3.8) is 0 Å². The molecule has 4 aliphatic rings. The van der Waals surface area contributed by atoms with Crippen molar-refractivity contribution in [3.05, 3.63) is 34.4 Å². The van der Waals surface area contributed by atoms with Crippen molar-refractivity contribution < 1.29 is 19.4 Å². The van der Waals surface area contributed by atoms with E-state index in [2.05, 4.69) is 30.6 Å². The quantitative estimate of drug-likeness (QED) is 0.593. The first-order chi connectivity index (χ1) is 17.3. The Kier molecular flexibility index (Phi) is 5.41. The molecule has 6 rings (SSSR count). The largest absolute Gasteiger partial charge is 0.456 e. The highest BCUT2D eigenvalue weighted by atomic mass is 16.5. The van der Waals surface area contributed by atoms with Gasteiger partial charge in [-0.05, 0) is 68.9 Å². The van der Waals surface area contributed by atoms with Gasteiger partial charge in [0.25, 0.3) is 0 Å². The third kappa shape index (κ3) is 3.46. The fourth-order valence-electron chi connectivity index (χ4n) is 6.63. The number of carbonyl (C=O) groups is 2. The van der Waals surface area contributed by atoms with E-state index >= 15 is 0 Å². The molecule has 0 aliphatic carbocycles. The number of fused-ring (bicyclic) bond motifs is 2. The molecule has 3 saturated heterocycles. The Labute approximate surface area is 208 Å². The number of rotatable bonds is 5. The average molecular weight is 495 g/mol. The summed E-state index contributed by atoms with van der Waals surface area (Å²) >= 11 is 0. The van der Waals surface area contributed by atoms with Crippen molar-refractivity contribution in [2.75, 3.05) is 19.7 Å². The van der Waals surface area contributed by atoms with E-state index in [1.165, 1.54) is 11.0 Å². The molecule has 2 aromatic rings. The van der Waals surface area contributed by atoms with Gasteiger partial charge < -0.3 is 14.7 Å². The van der Waals surface area contributed by atoms with Gasteiger partial charge >= 0.3 is 5.97 Å². The maximum absolute atomic E-state index is 13.6. The molecule has 190 valence electrons. The Morgan fingerprint density at radius 1 is 1.14 bits per heavy atom. The number of hydrogen-bond donors (Lipinski definition) is 1. The van der Waals surface area contributed by atoms with Crippen LogP contribution < -0.4 is 0 Å². The van der Waals surface area contributed by atoms with E-state index in [9.17, 15) is 14.7 Å². The Balaban J connectivity index is 1.18. The molecule has 2 aromatic heterocycles. The molecule has 0 unspecified atom stereocenters. The van der Waals surface area contributed by atoms with E-state index in [4.69, 9.17) is 4.74 Å². The molecule has 1 N–H and O–H groups in total. The SMILES string of the molecule is CC1=C(N2CCC3(C[C@H]4CC[C@H](C3)N4C[C@@H](O)c3nnc(-n4cnnn4)c(C)c3C)C2=O)COC1=O. The Hall–Kier alpha value is -3.25. The number of hydrogen-bond acceptors (Lipinski definition) is 10. The molecule has 0 saturated carbocycles. The molecular formula is C24H30N8O4. The summed E-state index contributed by atoms with van der Waals surface area (Å²) in [7, 11) is 0. The van der Waals surface area contributed by atoms with E-state index in [1.807, 2.05) is 13.8 Å². The maximum Gasteiger partial charge on any atom is 0.336 e. The second-order valence-corrected chi connectivity index (χ2v) is 10.6. The van der Waals surface area contributed by atoms with E-state index in [1.54, 1.807) is 11.8 Å². The molecule has 1 spiro atoms. The maximum atomic E-state index is 13.6. The number of amides is 1. The Bertz CT molecular complexity index is 1250. The number of carbonyl (C=O) groups excluding carboxylic acids is 2. The summed E-state index contributed by atoms with van der Waals surface area (Å²) in [6.07, 6.45) is 5.04. The van der Waals surface area contributed by atoms with Crippen LogP contribution in [0.4, 0.5) is 0 Å². The van der Waals surface area contributed by atoms with Crippen LogP contribution in [0.1, 0.15) is 62.0 Å². The molecule has 0 aromatic carbocycles. The van der Waals surface area contributed by atoms with Crippen molar-refractivity contribution in [1.29, 1.82) is 0 Å². The van der Waals surface area contributed by atoms with Gasteiger partial charge in [0.1, 0.15) is 19.0 Å². The summed E-state index contributed by atoms with van der Waals surface area (Å²) in [6.45, 7) is 6.85. The highest BCUT2D eigenvalue weighted by Crippen LogP contribution is 2.52. The fraction of sp³-hybridized carbons (Fsp3) is 0.625. The summed E-state index contributed by atoms with van der Waals surface area (Å²) < 4.78 is 6.61. The third-order valence-electron chi connectivity index (χ3n) is 8.74. The van der Waals surface area contributed by atoms with Crippen molar-refractivity contribution in [3.8, 4) is 5.82 Å². The fourth-order valence-corrected chi connectivity index (χ4v) is 6.63. The van der Waals surface area contributed by atoms with Gasteiger partial charge in [0.05, 0.1) is 22.4 Å². The summed E-state index contributed by atoms with van der Waals surface area (Å²) in [6, 6.07) is 0.461. The molecule has 3 atom stereocenters. The predicted octanol–water partition coefficient (Wildman–Crippen LogP) is 0.779. The van der Waals surface area contributed by atoms with E-state index in [0.29, 0.717) is 30.2 Å². The molecule has 36 heavy (non-hydrogen) atoms. The molecule has 12 heteroatoms. The zero-order valence-corrected chi connectivity index (χ0v) is 20.7. The van der Waals surface area contributed by atoms with Crippen LogP contribution in [-0.2, 0) is 14.3 Å². The highest BCUT2D eigenvalue weighted by Gasteiger charge is 2.56. The number of ether oxygens (including phenoxy) is 1. The molecule has 3 fully saturated rings. The minimum absolute atomic E-state index is 0.128. The van der Waals surface area contributed by atoms with Crippen molar-refractivity contribution in [2.24, 2.45) is 5.41 Å². The molecule has 2 bridgehead atoms. The second-order valence-electron chi connectivity index (χ2n) is 10.6. The molecule has 1 amide bonds. The number of aliphatic hydroxyl groups excluding tert-OH is 1. The monoisotopic (exact) mass is 494 g/mol. The number of tetrazole rings is 1. The standard InChI is InChI=1S/C24H30N8O4/c1-13-14(2)21(32-12-25-28-29-32)27-26-20(13)19(33)10-31-16-4-5-17(31)9-24(8-16)6-7-30(23(24)35)18-11-36-22(34)15(18)3/h12,16-17,19,33H,4-11H2,1-3H3/t16-,17-,19-/m1/s1. The lowest BCUT2D eigenvalue weighted by atomic mass is 9.73. The number of cyclic esters (lactones) is 1. The lowest BCUT2D eigenvalue weighted by molar-refractivity contribution is -0.140. The van der Waals surface area contributed by atoms with Crippen LogP contribution in [-0.4, -0.2) is 89.0 Å². The van der Waals surface area contributed by atoms with E-state index < -0.39 is 11.5 Å². The minimum atomic E-state index is -0.790. The second kappa shape index (κ2) is 8.41. The Morgan fingerprint density at radius 2 is 1.89 bits per heavy atom. The van der Waals surface area contributed by atoms with Crippen molar-refractivity contribution in [2.45, 2.75) is 71.1 Å². The molecule has 6 heterocycles. The normalized spacial score (nSPS) is 29.1. The lowest BCUT2D eigenvalue weighted by Crippen LogP contribution is -2.51. The first-order valence-corrected chi connectivity index (χ1v) is 12.5. The lowest BCUT2D eigenvalue weighted by Gasteiger charge is -2.44. The van der Waals surface area contributed by atoms with Crippen molar-refractivity contribution >= 4 is 11.9 Å². The molecular weight excluding hydrogens is 464 g/mol. The van der Waals surface area contributed by atoms with Gasteiger partial charge in [-0.25, -0.2) is 4.79 Å². The first-order valence-electron chi connectivity index (χ1n) is 12.5. The van der Waals surface area contributed by atoms with Gasteiger partial charge in [-0.3, -0.25) is 9.69 Å². The number of aliphatic hydroxyl groups is 1. The number of aromatic nitrogens is 6. The van der Waals surface area contributed by atoms with Gasteiger partial charge in [0, 0.05) is 30.7 Å². The molecule has 4 aliphatic heterocycles. The van der Waals surface area contributed by atoms with Gasteiger partial charge in [-0.2, -0.15) is 9.78 Å². The minimum Gasteiger partial charge on any atom is -0.456 e. The van der Waals surface area contributed by atoms with Crippen LogP contribution in [0.3, 0.4) is 0 Å². The van der Waals surface area contributed by atoms with E-state index in [0.717, 1.165) is 48.9 Å². The summed E-state index contributed by atoms with van der Waals surface area (Å²) in [5, 5.41) is 31.0. The van der Waals surface area contributed by atoms with Gasteiger partial charge in [-0.15, -0.1) is 10.2 Å². The van der Waals surface area contributed by atoms with Gasteiger partial charge in [-0.1, -0.05) is 0 Å². The van der Waals surface area contributed by atoms with Crippen LogP contribution in [0, 0.1) is 19.3 Å². The van der Waals surface area contributed by atoms with Gasteiger partial charge in [0.2, 0.25) is 5.91 Å². The number of piperidine rings is 1. The van der Waals surface area contributed by atoms with Crippen molar-refractivity contribution in [1.82, 2.24) is 40.2 Å². The zero-order valence-electron chi connectivity index (χ0n) is 20.7. The topological polar surface area (TPSA) is 139 Å². The number of likely N-dealkylation sites (tertiary alicyclic amines) is 1. The number of esters is 1. The Morgan fingerprint density at radius 3 is 2.53 bits per heavy atom. The molecule has 12 nitrogen and oxygen atoms in total. The van der Waals surface area contributed by atoms with Crippen LogP contribution in [0.2, 0.25) is 0 Å². The summed E-state index contributed by atoms with van der Waals surface area (Å²) in [4.78, 5) is 29.6. The first kappa shape index (κ1) is 23.2. The smallest absolute Gasteiger partial charge is 0.336 e. The molecule has 0 radical (unpaired) electrons. The zero-order chi connectivity index (χ0) is 25.2. The van der Waals surface area contributed by atoms with Gasteiger partial charge in [0.15, 0.2) is 5.82 Å². The third-order valence-corrected chi connectivity index (χ3v) is 8.74. The van der Waals surface area contributed by atoms with E-state index in [-0.39, 0.29) is 30.6 Å². The number of nitrogens with zero attached hydrogens (tertiary/aromatic N) is 8. The average Bonchev–Trinajstić information content (AvgIpc) is 3.61. The summed E-state index contributed by atoms with van der Waals surface area (Å²) in [5.41, 5.74) is 3.15. The van der Waals surface area contributed by atoms with Crippen LogP contribution in [0.25, 0.3) is 5.82 Å².